The molecule has 78 valence electrons. The fourth-order valence-electron chi connectivity index (χ4n) is 1.74. The van der Waals surface area contributed by atoms with Crippen molar-refractivity contribution in [2.75, 3.05) is 14.2 Å². The molecule has 0 bridgehead atoms. The second-order valence-electron chi connectivity index (χ2n) is 3.35. The number of fused-ring (bicyclic) bond motifs is 1. The third-order valence-electron chi connectivity index (χ3n) is 2.40. The van der Waals surface area contributed by atoms with E-state index in [1.165, 1.54) is 0 Å². The number of nitrogens with one attached hydrogen (secondary N) is 1. The third-order valence-corrected chi connectivity index (χ3v) is 2.40. The molecule has 1 heterocycles. The van der Waals surface area contributed by atoms with E-state index in [1.807, 2.05) is 31.4 Å². The van der Waals surface area contributed by atoms with Gasteiger partial charge in [0.25, 0.3) is 0 Å². The number of methoxy groups -OCH3 is 1. The molecule has 0 saturated carbocycles. The summed E-state index contributed by atoms with van der Waals surface area (Å²) >= 11 is 0. The first kappa shape index (κ1) is 9.93. The normalized spacial score (nSPS) is 10.5. The van der Waals surface area contributed by atoms with Gasteiger partial charge in [0, 0.05) is 18.1 Å². The Morgan fingerprint density at radius 1 is 1.33 bits per heavy atom. The Labute approximate surface area is 89.1 Å². The summed E-state index contributed by atoms with van der Waals surface area (Å²) in [6.45, 7) is 0.748. The molecular weight excluding hydrogens is 188 g/mol. The molecule has 3 nitrogen and oxygen atoms in total. The van der Waals surface area contributed by atoms with Crippen molar-refractivity contribution in [2.24, 2.45) is 0 Å². The van der Waals surface area contributed by atoms with Crippen molar-refractivity contribution >= 4 is 10.8 Å². The molecule has 0 aliphatic heterocycles. The first-order chi connectivity index (χ1) is 7.36. The largest absolute Gasteiger partial charge is 0.496 e. The van der Waals surface area contributed by atoms with Crippen LogP contribution in [-0.2, 0) is 6.54 Å². The molecule has 1 aromatic heterocycles. The van der Waals surface area contributed by atoms with Gasteiger partial charge in [0.2, 0.25) is 0 Å². The van der Waals surface area contributed by atoms with Crippen LogP contribution in [0, 0.1) is 0 Å². The Hall–Kier alpha value is -1.61. The highest BCUT2D eigenvalue weighted by Gasteiger charge is 2.06. The molecule has 0 unspecified atom stereocenters. The number of hydrogen-bond donors (Lipinski definition) is 1. The number of aromatic nitrogens is 1. The smallest absolute Gasteiger partial charge is 0.128 e. The summed E-state index contributed by atoms with van der Waals surface area (Å²) in [4.78, 5) is 4.36. The second kappa shape index (κ2) is 4.28. The summed E-state index contributed by atoms with van der Waals surface area (Å²) in [5, 5.41) is 5.37. The van der Waals surface area contributed by atoms with Gasteiger partial charge in [-0.25, -0.2) is 0 Å². The summed E-state index contributed by atoms with van der Waals surface area (Å²) in [6, 6.07) is 8.02. The van der Waals surface area contributed by atoms with Crippen molar-refractivity contribution in [2.45, 2.75) is 6.54 Å². The van der Waals surface area contributed by atoms with Gasteiger partial charge in [-0.05, 0) is 24.6 Å². The van der Waals surface area contributed by atoms with Gasteiger partial charge in [-0.15, -0.1) is 0 Å². The molecule has 0 atom stereocenters. The number of benzene rings is 1. The van der Waals surface area contributed by atoms with Crippen LogP contribution in [0.5, 0.6) is 5.75 Å². The summed E-state index contributed by atoms with van der Waals surface area (Å²) < 4.78 is 5.35. The molecule has 0 amide bonds. The van der Waals surface area contributed by atoms with Crippen molar-refractivity contribution in [3.8, 4) is 5.75 Å². The Morgan fingerprint density at radius 2 is 2.20 bits per heavy atom. The van der Waals surface area contributed by atoms with Crippen LogP contribution in [0.1, 0.15) is 5.69 Å². The van der Waals surface area contributed by atoms with Gasteiger partial charge in [0.1, 0.15) is 5.75 Å². The number of pyridine rings is 1. The van der Waals surface area contributed by atoms with Crippen LogP contribution < -0.4 is 10.1 Å². The van der Waals surface area contributed by atoms with E-state index in [2.05, 4.69) is 16.4 Å². The molecule has 15 heavy (non-hydrogen) atoms. The van der Waals surface area contributed by atoms with Gasteiger partial charge < -0.3 is 10.1 Å². The van der Waals surface area contributed by atoms with Crippen LogP contribution in [0.2, 0.25) is 0 Å². The monoisotopic (exact) mass is 202 g/mol. The maximum absolute atomic E-state index is 5.35. The van der Waals surface area contributed by atoms with E-state index < -0.39 is 0 Å². The Balaban J connectivity index is 2.69. The lowest BCUT2D eigenvalue weighted by Crippen LogP contribution is -2.07. The average molecular weight is 202 g/mol. The summed E-state index contributed by atoms with van der Waals surface area (Å²) in [6.07, 6.45) is 1.83. The van der Waals surface area contributed by atoms with E-state index in [9.17, 15) is 0 Å². The molecule has 1 aromatic carbocycles. The fraction of sp³-hybridized carbons (Fsp3) is 0.250. The number of rotatable bonds is 3. The summed E-state index contributed by atoms with van der Waals surface area (Å²) in [7, 11) is 3.60. The molecule has 0 fully saturated rings. The van der Waals surface area contributed by atoms with E-state index in [0.717, 1.165) is 28.8 Å². The predicted octanol–water partition coefficient (Wildman–Crippen LogP) is 1.96. The number of hydrogen-bond acceptors (Lipinski definition) is 3. The highest BCUT2D eigenvalue weighted by Crippen LogP contribution is 2.27. The van der Waals surface area contributed by atoms with Gasteiger partial charge in [-0.2, -0.15) is 0 Å². The zero-order valence-electron chi connectivity index (χ0n) is 8.95. The highest BCUT2D eigenvalue weighted by molar-refractivity contribution is 5.90. The van der Waals surface area contributed by atoms with Crippen molar-refractivity contribution < 1.29 is 4.74 Å². The van der Waals surface area contributed by atoms with E-state index in [0.29, 0.717) is 0 Å². The first-order valence-electron chi connectivity index (χ1n) is 4.92. The molecule has 0 radical (unpaired) electrons. The fourth-order valence-corrected chi connectivity index (χ4v) is 1.74. The maximum Gasteiger partial charge on any atom is 0.128 e. The average Bonchev–Trinajstić information content (AvgIpc) is 2.29. The molecule has 0 saturated heterocycles. The number of nitrogens with zero attached hydrogens (tertiary/aromatic N) is 1. The molecule has 0 aliphatic rings. The van der Waals surface area contributed by atoms with Crippen LogP contribution in [0.4, 0.5) is 0 Å². The quantitative estimate of drug-likeness (QED) is 0.826. The zero-order chi connectivity index (χ0) is 10.7. The maximum atomic E-state index is 5.35. The topological polar surface area (TPSA) is 34.2 Å². The standard InChI is InChI=1S/C12H14N2O/c1-13-8-10-12-9(6-7-14-10)4-3-5-11(12)15-2/h3-7,13H,8H2,1-2H3. The Bertz CT molecular complexity index is 463. The molecule has 1 N–H and O–H groups in total. The molecule has 3 heteroatoms. The van der Waals surface area contributed by atoms with Gasteiger partial charge in [-0.1, -0.05) is 12.1 Å². The minimum Gasteiger partial charge on any atom is -0.496 e. The van der Waals surface area contributed by atoms with E-state index >= 15 is 0 Å². The van der Waals surface area contributed by atoms with Gasteiger partial charge in [0.15, 0.2) is 0 Å². The molecule has 2 rings (SSSR count). The van der Waals surface area contributed by atoms with Crippen molar-refractivity contribution in [1.29, 1.82) is 0 Å². The van der Waals surface area contributed by atoms with Crippen molar-refractivity contribution in [3.05, 3.63) is 36.2 Å². The highest BCUT2D eigenvalue weighted by atomic mass is 16.5. The van der Waals surface area contributed by atoms with Crippen LogP contribution in [0.15, 0.2) is 30.5 Å². The van der Waals surface area contributed by atoms with Crippen molar-refractivity contribution in [1.82, 2.24) is 10.3 Å². The van der Waals surface area contributed by atoms with Crippen LogP contribution >= 0.6 is 0 Å². The lowest BCUT2D eigenvalue weighted by Gasteiger charge is -2.09. The Kier molecular flexibility index (Phi) is 2.83. The SMILES string of the molecule is CNCc1nccc2cccc(OC)c12. The van der Waals surface area contributed by atoms with Crippen LogP contribution in [-0.4, -0.2) is 19.1 Å². The molecule has 2 aromatic rings. The molecule has 0 aliphatic carbocycles. The van der Waals surface area contributed by atoms with Crippen molar-refractivity contribution in [3.63, 3.8) is 0 Å². The lowest BCUT2D eigenvalue weighted by atomic mass is 10.1. The minimum atomic E-state index is 0.748. The number of ether oxygens (including phenoxy) is 1. The van der Waals surface area contributed by atoms with Gasteiger partial charge in [-0.3, -0.25) is 4.98 Å². The third kappa shape index (κ3) is 1.78. The van der Waals surface area contributed by atoms with Crippen LogP contribution in [0.25, 0.3) is 10.8 Å². The van der Waals surface area contributed by atoms with Crippen LogP contribution in [0.3, 0.4) is 0 Å². The van der Waals surface area contributed by atoms with Gasteiger partial charge in [0.05, 0.1) is 12.8 Å². The van der Waals surface area contributed by atoms with Gasteiger partial charge >= 0.3 is 0 Å². The predicted molar refractivity (Wildman–Crippen MR) is 61.1 cm³/mol. The first-order valence-corrected chi connectivity index (χ1v) is 4.92. The zero-order valence-corrected chi connectivity index (χ0v) is 8.95. The van der Waals surface area contributed by atoms with E-state index in [1.54, 1.807) is 7.11 Å². The summed E-state index contributed by atoms with van der Waals surface area (Å²) in [5.41, 5.74) is 1.02. The van der Waals surface area contributed by atoms with E-state index in [-0.39, 0.29) is 0 Å². The molecule has 0 spiro atoms. The van der Waals surface area contributed by atoms with E-state index in [4.69, 9.17) is 4.74 Å². The lowest BCUT2D eigenvalue weighted by molar-refractivity contribution is 0.419. The second-order valence-corrected chi connectivity index (χ2v) is 3.35. The Morgan fingerprint density at radius 3 is 2.93 bits per heavy atom. The minimum absolute atomic E-state index is 0.748. The molecular formula is C12H14N2O. The summed E-state index contributed by atoms with van der Waals surface area (Å²) in [5.74, 6) is 0.880.